The zero-order valence-corrected chi connectivity index (χ0v) is 39.7. The van der Waals surface area contributed by atoms with Crippen molar-refractivity contribution in [3.8, 4) is 22.3 Å². The van der Waals surface area contributed by atoms with E-state index in [-0.39, 0.29) is 46.8 Å². The molecule has 3 aliphatic rings. The third-order valence-corrected chi connectivity index (χ3v) is 13.1. The first-order valence-electron chi connectivity index (χ1n) is 19.9. The van der Waals surface area contributed by atoms with E-state index in [1.807, 2.05) is 0 Å². The molecule has 0 N–H and O–H groups in total. The van der Waals surface area contributed by atoms with Crippen molar-refractivity contribution in [2.75, 3.05) is 0 Å². The molecule has 0 spiro atoms. The van der Waals surface area contributed by atoms with Crippen LogP contribution in [0.15, 0.2) is 121 Å². The van der Waals surface area contributed by atoms with Gasteiger partial charge in [-0.2, -0.15) is 28.3 Å². The van der Waals surface area contributed by atoms with E-state index >= 15 is 0 Å². The molecule has 0 amide bonds. The summed E-state index contributed by atoms with van der Waals surface area (Å²) in [5.41, 5.74) is 18.8. The van der Waals surface area contributed by atoms with E-state index in [0.29, 0.717) is 3.21 Å². The van der Waals surface area contributed by atoms with Crippen molar-refractivity contribution >= 4 is 14.4 Å². The van der Waals surface area contributed by atoms with Gasteiger partial charge in [0.1, 0.15) is 0 Å². The first-order valence-corrected chi connectivity index (χ1v) is 21.2. The second-order valence-corrected chi connectivity index (χ2v) is 18.5. The summed E-state index contributed by atoms with van der Waals surface area (Å²) in [5.74, 6) is 0. The van der Waals surface area contributed by atoms with Gasteiger partial charge < -0.3 is 24.8 Å². The third kappa shape index (κ3) is 9.96. The van der Waals surface area contributed by atoms with Crippen LogP contribution in [-0.4, -0.2) is 3.21 Å². The Morgan fingerprint density at radius 3 is 1.61 bits per heavy atom. The molecule has 0 nitrogen and oxygen atoms in total. The maximum absolute atomic E-state index is 12.7. The summed E-state index contributed by atoms with van der Waals surface area (Å²) < 4.78 is 76.7. The van der Waals surface area contributed by atoms with Crippen molar-refractivity contribution in [2.45, 2.75) is 85.0 Å². The molecule has 0 bridgehead atoms. The maximum Gasteiger partial charge on any atom is -1.00 e. The Hall–Kier alpha value is -4.16. The molecule has 0 saturated heterocycles. The summed E-state index contributed by atoms with van der Waals surface area (Å²) in [7, 11) is 0. The van der Waals surface area contributed by atoms with Crippen LogP contribution in [0.4, 0.5) is 26.3 Å². The fourth-order valence-corrected chi connectivity index (χ4v) is 9.64. The van der Waals surface area contributed by atoms with Crippen molar-refractivity contribution in [3.05, 3.63) is 194 Å². The van der Waals surface area contributed by atoms with Crippen LogP contribution in [0.1, 0.15) is 108 Å². The van der Waals surface area contributed by atoms with Gasteiger partial charge in [-0.3, -0.25) is 6.08 Å². The molecular weight excluding hydrogens is 913 g/mol. The molecule has 0 heterocycles. The average Bonchev–Trinajstić information content (AvgIpc) is 3.86. The summed E-state index contributed by atoms with van der Waals surface area (Å²) in [4.78, 5) is 0. The molecule has 0 unspecified atom stereocenters. The van der Waals surface area contributed by atoms with Gasteiger partial charge in [-0.05, 0) is 58.4 Å². The Kier molecular flexibility index (Phi) is 14.3. The molecule has 0 atom stereocenters. The van der Waals surface area contributed by atoms with Crippen LogP contribution in [0.3, 0.4) is 0 Å². The van der Waals surface area contributed by atoms with Crippen LogP contribution in [0, 0.1) is 19.9 Å². The minimum absolute atomic E-state index is 0. The zero-order valence-electron chi connectivity index (χ0n) is 35.8. The van der Waals surface area contributed by atoms with Crippen molar-refractivity contribution in [2.24, 2.45) is 0 Å². The van der Waals surface area contributed by atoms with Gasteiger partial charge in [0.2, 0.25) is 0 Å². The second-order valence-electron chi connectivity index (χ2n) is 17.2. The molecule has 0 aliphatic heterocycles. The van der Waals surface area contributed by atoms with E-state index in [4.69, 9.17) is 0 Å². The number of aryl methyl sites for hydroxylation is 2. The van der Waals surface area contributed by atoms with Crippen LogP contribution in [0.5, 0.6) is 0 Å². The molecule has 6 aromatic rings. The molecule has 0 saturated carbocycles. The largest absolute Gasteiger partial charge is 1.00 e. The Bertz CT molecular complexity index is 2570. The van der Waals surface area contributed by atoms with Gasteiger partial charge in [-0.1, -0.05) is 108 Å². The number of rotatable bonds is 3. The summed E-state index contributed by atoms with van der Waals surface area (Å²) in [6.45, 7) is 18.0. The Morgan fingerprint density at radius 1 is 0.597 bits per heavy atom. The number of hydrogen-bond donors (Lipinski definition) is 0. The molecule has 9 heteroatoms. The molecule has 9 rings (SSSR count). The molecule has 62 heavy (non-hydrogen) atoms. The number of hydrogen-bond acceptors (Lipinski definition) is 0. The van der Waals surface area contributed by atoms with Crippen molar-refractivity contribution < 1.29 is 75.4 Å². The summed E-state index contributed by atoms with van der Waals surface area (Å²) in [5, 5.41) is 0. The zero-order chi connectivity index (χ0) is 43.5. The van der Waals surface area contributed by atoms with E-state index < -0.39 is 23.5 Å². The van der Waals surface area contributed by atoms with Crippen molar-refractivity contribution in [1.29, 1.82) is 0 Å². The number of allylic oxidation sites excluding steroid dienone is 4. The minimum Gasteiger partial charge on any atom is -1.00 e. The van der Waals surface area contributed by atoms with E-state index in [1.165, 1.54) is 102 Å². The molecule has 320 valence electrons. The smallest absolute Gasteiger partial charge is 1.00 e. The van der Waals surface area contributed by atoms with Crippen molar-refractivity contribution in [3.63, 3.8) is 0 Å². The summed E-state index contributed by atoms with van der Waals surface area (Å²) >= 11 is 0.729. The molecular formula is C53H46Cl2F6Zr-2. The molecule has 6 aromatic carbocycles. The van der Waals surface area contributed by atoms with Crippen LogP contribution in [-0.2, 0) is 53.8 Å². The number of benzene rings is 5. The van der Waals surface area contributed by atoms with Gasteiger partial charge in [0.15, 0.2) is 0 Å². The maximum atomic E-state index is 12.7. The van der Waals surface area contributed by atoms with Crippen LogP contribution in [0.2, 0.25) is 0 Å². The normalized spacial score (nSPS) is 14.8. The van der Waals surface area contributed by atoms with Gasteiger partial charge in [0, 0.05) is 5.41 Å². The SMILES string of the molecule is CC1=[C-]C(C)(C)c2cc3c(cc21)-c1cc2c(cc1C3)C(C)(C)C=C2C.Cc1cc(-c2ccccc2)c(C)[cH-]1.FC(F)(F)c1cccc([C](=[Zr+2])c2cccc(C(F)(F)F)c2)c1.[Cl-].[Cl-]. The second kappa shape index (κ2) is 18.1. The van der Waals surface area contributed by atoms with Crippen LogP contribution < -0.4 is 24.8 Å². The quantitative estimate of drug-likeness (QED) is 0.123. The Morgan fingerprint density at radius 2 is 1.11 bits per heavy atom. The van der Waals surface area contributed by atoms with E-state index in [1.54, 1.807) is 0 Å². The predicted octanol–water partition coefficient (Wildman–Crippen LogP) is 8.99. The monoisotopic (exact) mass is 956 g/mol. The van der Waals surface area contributed by atoms with Gasteiger partial charge >= 0.3 is 137 Å². The third-order valence-electron chi connectivity index (χ3n) is 11.7. The van der Waals surface area contributed by atoms with Crippen molar-refractivity contribution in [1.82, 2.24) is 0 Å². The van der Waals surface area contributed by atoms with E-state index in [9.17, 15) is 26.3 Å². The molecule has 0 radical (unpaired) electrons. The standard InChI is InChI=1S/C25H25.C15H8F6.C13H13.2ClH.Zr/c1-14-12-24(3,4)22-8-16-7-17-9-23-19(15(2)13-25(23,5)6)11-21(17)20(16)10-18(14)22;16-14(17,18)12-5-1-3-10(8-12)7-11-4-2-6-13(9-11)15(19,20)21;1-10-8-11(2)13(9-10)12-6-4-3-5-7-12;;;/h8-12H,7H2,1-6H3;1-6,8-9H;3-9H,1-2H3;2*1H;/q-1;;-1;;;+2/p-2. The van der Waals surface area contributed by atoms with Crippen LogP contribution >= 0.6 is 0 Å². The predicted molar refractivity (Wildman–Crippen MR) is 230 cm³/mol. The van der Waals surface area contributed by atoms with Gasteiger partial charge in [-0.25, -0.2) is 11.6 Å². The fourth-order valence-electron chi connectivity index (χ4n) is 8.87. The van der Waals surface area contributed by atoms with Gasteiger partial charge in [0.25, 0.3) is 0 Å². The number of halogens is 8. The van der Waals surface area contributed by atoms with E-state index in [0.717, 1.165) is 54.9 Å². The topological polar surface area (TPSA) is 0 Å². The van der Waals surface area contributed by atoms with Gasteiger partial charge in [-0.15, -0.1) is 11.6 Å². The van der Waals surface area contributed by atoms with E-state index in [2.05, 4.69) is 134 Å². The summed E-state index contributed by atoms with van der Waals surface area (Å²) in [6.07, 6.45) is -1.84. The molecule has 0 aromatic heterocycles. The average molecular weight is 959 g/mol. The minimum atomic E-state index is -4.49. The number of fused-ring (bicyclic) bond motifs is 5. The summed E-state index contributed by atoms with van der Waals surface area (Å²) in [6, 6.07) is 34.0. The first kappa shape index (κ1) is 48.9. The first-order chi connectivity index (χ1) is 28.0. The molecule has 0 fully saturated rings. The number of alkyl halides is 6. The van der Waals surface area contributed by atoms with Crippen LogP contribution in [0.25, 0.3) is 33.4 Å². The Labute approximate surface area is 388 Å². The molecule has 3 aliphatic carbocycles. The Balaban J connectivity index is 0.000000181. The fraction of sp³-hybridized carbons (Fsp3) is 0.245. The van der Waals surface area contributed by atoms with Gasteiger partial charge in [0.05, 0.1) is 0 Å².